The standard InChI is InChI=1S/C12H15N3O/c16-13-15-9-12(10-15)7-14(8-12)6-11-4-2-1-3-5-11/h1-5H,6-10H2. The van der Waals surface area contributed by atoms with Crippen molar-refractivity contribution in [2.75, 3.05) is 26.2 Å². The van der Waals surface area contributed by atoms with Crippen molar-refractivity contribution in [3.63, 3.8) is 0 Å². The van der Waals surface area contributed by atoms with E-state index in [-0.39, 0.29) is 0 Å². The van der Waals surface area contributed by atoms with Gasteiger partial charge in [0.1, 0.15) is 0 Å². The van der Waals surface area contributed by atoms with Crippen LogP contribution >= 0.6 is 0 Å². The molecule has 84 valence electrons. The molecule has 0 unspecified atom stereocenters. The summed E-state index contributed by atoms with van der Waals surface area (Å²) in [5, 5.41) is 4.56. The lowest BCUT2D eigenvalue weighted by atomic mass is 9.74. The number of hydrogen-bond donors (Lipinski definition) is 0. The average molecular weight is 217 g/mol. The molecule has 2 fully saturated rings. The zero-order chi connectivity index (χ0) is 11.0. The van der Waals surface area contributed by atoms with Gasteiger partial charge in [-0.05, 0) is 5.56 Å². The topological polar surface area (TPSA) is 35.9 Å². The molecular formula is C12H15N3O. The van der Waals surface area contributed by atoms with E-state index in [9.17, 15) is 4.91 Å². The molecular weight excluding hydrogens is 202 g/mol. The first-order valence-corrected chi connectivity index (χ1v) is 5.64. The van der Waals surface area contributed by atoms with Gasteiger partial charge in [-0.15, -0.1) is 4.91 Å². The largest absolute Gasteiger partial charge is 0.298 e. The fourth-order valence-corrected chi connectivity index (χ4v) is 2.84. The molecule has 4 nitrogen and oxygen atoms in total. The number of nitrogens with zero attached hydrogens (tertiary/aromatic N) is 3. The van der Waals surface area contributed by atoms with Gasteiger partial charge in [-0.2, -0.15) is 0 Å². The fourth-order valence-electron chi connectivity index (χ4n) is 2.84. The highest BCUT2D eigenvalue weighted by Gasteiger charge is 2.52. The van der Waals surface area contributed by atoms with E-state index in [0.717, 1.165) is 32.7 Å². The average Bonchev–Trinajstić information content (AvgIpc) is 2.21. The van der Waals surface area contributed by atoms with E-state index < -0.39 is 0 Å². The van der Waals surface area contributed by atoms with Crippen LogP contribution in [-0.4, -0.2) is 36.1 Å². The Morgan fingerprint density at radius 1 is 1.12 bits per heavy atom. The van der Waals surface area contributed by atoms with Crippen LogP contribution < -0.4 is 0 Å². The van der Waals surface area contributed by atoms with E-state index in [4.69, 9.17) is 0 Å². The SMILES string of the molecule is O=NN1CC2(CN(Cc3ccccc3)C2)C1. The van der Waals surface area contributed by atoms with Crippen LogP contribution in [0.1, 0.15) is 5.56 Å². The molecule has 3 rings (SSSR count). The van der Waals surface area contributed by atoms with Crippen LogP contribution in [0.5, 0.6) is 0 Å². The molecule has 0 saturated carbocycles. The maximum absolute atomic E-state index is 10.2. The quantitative estimate of drug-likeness (QED) is 0.720. The molecule has 1 spiro atoms. The van der Waals surface area contributed by atoms with Crippen LogP contribution in [0.4, 0.5) is 0 Å². The van der Waals surface area contributed by atoms with Crippen molar-refractivity contribution in [2.24, 2.45) is 10.7 Å². The van der Waals surface area contributed by atoms with Crippen LogP contribution in [0.15, 0.2) is 35.6 Å². The number of benzene rings is 1. The van der Waals surface area contributed by atoms with Crippen molar-refractivity contribution in [1.29, 1.82) is 0 Å². The van der Waals surface area contributed by atoms with Gasteiger partial charge in [-0.25, -0.2) is 0 Å². The van der Waals surface area contributed by atoms with Crippen LogP contribution in [0.2, 0.25) is 0 Å². The van der Waals surface area contributed by atoms with Gasteiger partial charge < -0.3 is 0 Å². The maximum Gasteiger partial charge on any atom is 0.0524 e. The monoisotopic (exact) mass is 217 g/mol. The smallest absolute Gasteiger partial charge is 0.0524 e. The number of hydrogen-bond acceptors (Lipinski definition) is 3. The van der Waals surface area contributed by atoms with Crippen molar-refractivity contribution in [1.82, 2.24) is 9.91 Å². The van der Waals surface area contributed by atoms with E-state index >= 15 is 0 Å². The van der Waals surface area contributed by atoms with Crippen LogP contribution in [0.3, 0.4) is 0 Å². The molecule has 2 saturated heterocycles. The predicted octanol–water partition coefficient (Wildman–Crippen LogP) is 1.49. The van der Waals surface area contributed by atoms with Crippen molar-refractivity contribution >= 4 is 0 Å². The van der Waals surface area contributed by atoms with Crippen molar-refractivity contribution < 1.29 is 0 Å². The van der Waals surface area contributed by atoms with E-state index in [1.54, 1.807) is 5.01 Å². The zero-order valence-corrected chi connectivity index (χ0v) is 9.17. The second-order valence-corrected chi connectivity index (χ2v) is 5.04. The molecule has 16 heavy (non-hydrogen) atoms. The Hall–Kier alpha value is -1.42. The van der Waals surface area contributed by atoms with E-state index in [1.165, 1.54) is 5.56 Å². The summed E-state index contributed by atoms with van der Waals surface area (Å²) in [5.74, 6) is 0. The lowest BCUT2D eigenvalue weighted by molar-refractivity contribution is -0.118. The lowest BCUT2D eigenvalue weighted by Crippen LogP contribution is -2.70. The summed E-state index contributed by atoms with van der Waals surface area (Å²) in [6.07, 6.45) is 0. The molecule has 0 amide bonds. The van der Waals surface area contributed by atoms with Gasteiger partial charge in [-0.1, -0.05) is 30.3 Å². The number of rotatable bonds is 3. The third-order valence-electron chi connectivity index (χ3n) is 3.52. The highest BCUT2D eigenvalue weighted by atomic mass is 16.3. The first-order chi connectivity index (χ1) is 7.80. The van der Waals surface area contributed by atoms with Gasteiger partial charge in [0.25, 0.3) is 0 Å². The minimum absolute atomic E-state index is 0.378. The highest BCUT2D eigenvalue weighted by molar-refractivity contribution is 5.16. The molecule has 2 heterocycles. The van der Waals surface area contributed by atoms with Crippen LogP contribution in [-0.2, 0) is 6.54 Å². The second-order valence-electron chi connectivity index (χ2n) is 5.04. The number of nitroso groups, excluding NO2 is 1. The minimum atomic E-state index is 0.378. The Labute approximate surface area is 94.8 Å². The Morgan fingerprint density at radius 2 is 1.81 bits per heavy atom. The van der Waals surface area contributed by atoms with Crippen LogP contribution in [0, 0.1) is 10.3 Å². The Balaban J connectivity index is 1.50. The van der Waals surface area contributed by atoms with E-state index in [0.29, 0.717) is 5.41 Å². The minimum Gasteiger partial charge on any atom is -0.298 e. The summed E-state index contributed by atoms with van der Waals surface area (Å²) >= 11 is 0. The Bertz CT molecular complexity index is 379. The summed E-state index contributed by atoms with van der Waals surface area (Å²) in [6, 6.07) is 10.5. The van der Waals surface area contributed by atoms with Crippen LogP contribution in [0.25, 0.3) is 0 Å². The molecule has 0 atom stereocenters. The summed E-state index contributed by atoms with van der Waals surface area (Å²) in [6.45, 7) is 4.93. The molecule has 0 aliphatic carbocycles. The Morgan fingerprint density at radius 3 is 2.44 bits per heavy atom. The summed E-state index contributed by atoms with van der Waals surface area (Å²) < 4.78 is 0. The van der Waals surface area contributed by atoms with Gasteiger partial charge in [0.15, 0.2) is 0 Å². The Kier molecular flexibility index (Phi) is 2.17. The second kappa shape index (κ2) is 3.56. The molecule has 0 bridgehead atoms. The molecule has 0 aromatic heterocycles. The van der Waals surface area contributed by atoms with E-state index in [2.05, 4.69) is 34.5 Å². The summed E-state index contributed by atoms with van der Waals surface area (Å²) in [5.41, 5.74) is 1.74. The fraction of sp³-hybridized carbons (Fsp3) is 0.500. The highest BCUT2D eigenvalue weighted by Crippen LogP contribution is 2.40. The first kappa shape index (κ1) is 9.78. The van der Waals surface area contributed by atoms with Gasteiger partial charge in [0.05, 0.1) is 5.29 Å². The third kappa shape index (κ3) is 1.59. The predicted molar refractivity (Wildman–Crippen MR) is 61.5 cm³/mol. The van der Waals surface area contributed by atoms with Crippen molar-refractivity contribution in [3.8, 4) is 0 Å². The molecule has 0 radical (unpaired) electrons. The molecule has 2 aliphatic heterocycles. The van der Waals surface area contributed by atoms with Crippen molar-refractivity contribution in [3.05, 3.63) is 40.8 Å². The first-order valence-electron chi connectivity index (χ1n) is 5.64. The third-order valence-corrected chi connectivity index (χ3v) is 3.52. The lowest BCUT2D eigenvalue weighted by Gasteiger charge is -2.58. The summed E-state index contributed by atoms with van der Waals surface area (Å²) in [4.78, 5) is 12.7. The zero-order valence-electron chi connectivity index (χ0n) is 9.17. The molecule has 4 heteroatoms. The van der Waals surface area contributed by atoms with Gasteiger partial charge >= 0.3 is 0 Å². The van der Waals surface area contributed by atoms with Gasteiger partial charge in [0, 0.05) is 38.1 Å². The van der Waals surface area contributed by atoms with Gasteiger partial charge in [-0.3, -0.25) is 9.91 Å². The maximum atomic E-state index is 10.2. The number of likely N-dealkylation sites (tertiary alicyclic amines) is 1. The van der Waals surface area contributed by atoms with Crippen molar-refractivity contribution in [2.45, 2.75) is 6.54 Å². The molecule has 2 aliphatic rings. The normalized spacial score (nSPS) is 22.6. The van der Waals surface area contributed by atoms with Gasteiger partial charge in [0.2, 0.25) is 0 Å². The molecule has 0 N–H and O–H groups in total. The molecule has 1 aromatic rings. The summed E-state index contributed by atoms with van der Waals surface area (Å²) in [7, 11) is 0. The molecule has 1 aromatic carbocycles. The van der Waals surface area contributed by atoms with E-state index in [1.807, 2.05) is 6.07 Å².